The normalized spacial score (nSPS) is 23.6. The lowest BCUT2D eigenvalue weighted by Gasteiger charge is -2.46. The first kappa shape index (κ1) is 81.5. The maximum Gasteiger partial charge on any atom is 0.220 e. The molecule has 0 saturated carbocycles. The van der Waals surface area contributed by atoms with E-state index >= 15 is 0 Å². The first-order valence-corrected chi connectivity index (χ1v) is 36.2. The van der Waals surface area contributed by atoms with Crippen LogP contribution in [0, 0.1) is 0 Å². The van der Waals surface area contributed by atoms with Gasteiger partial charge >= 0.3 is 0 Å². The molecule has 14 heteroatoms. The van der Waals surface area contributed by atoms with Crippen molar-refractivity contribution in [2.45, 2.75) is 370 Å². The van der Waals surface area contributed by atoms with Crippen LogP contribution in [0.2, 0.25) is 0 Å². The van der Waals surface area contributed by atoms with E-state index in [1.54, 1.807) is 6.08 Å². The second-order valence-electron chi connectivity index (χ2n) is 25.3. The summed E-state index contributed by atoms with van der Waals surface area (Å²) in [5, 5.41) is 87.4. The topological polar surface area (TPSA) is 228 Å². The minimum absolute atomic E-state index is 0.236. The smallest absolute Gasteiger partial charge is 0.220 e. The summed E-state index contributed by atoms with van der Waals surface area (Å²) in [6, 6.07) is -0.917. The molecular formula is C74H133NO13. The summed E-state index contributed by atoms with van der Waals surface area (Å²) in [6.45, 7) is 2.72. The van der Waals surface area contributed by atoms with Crippen LogP contribution in [-0.4, -0.2) is 140 Å². The molecule has 2 saturated heterocycles. The molecule has 1 amide bonds. The minimum Gasteiger partial charge on any atom is -0.394 e. The van der Waals surface area contributed by atoms with E-state index in [9.17, 15) is 45.6 Å². The fraction of sp³-hybridized carbons (Fsp3) is 0.824. The maximum absolute atomic E-state index is 13.3. The zero-order chi connectivity index (χ0) is 63.8. The lowest BCUT2D eigenvalue weighted by molar-refractivity contribution is -0.359. The van der Waals surface area contributed by atoms with Crippen molar-refractivity contribution in [3.8, 4) is 0 Å². The molecule has 0 aromatic heterocycles. The zero-order valence-corrected chi connectivity index (χ0v) is 55.7. The van der Waals surface area contributed by atoms with Crippen LogP contribution in [-0.2, 0) is 23.7 Å². The van der Waals surface area contributed by atoms with Gasteiger partial charge in [0.05, 0.1) is 32.0 Å². The van der Waals surface area contributed by atoms with Crippen molar-refractivity contribution >= 4 is 5.91 Å². The summed E-state index contributed by atoms with van der Waals surface area (Å²) in [5.41, 5.74) is 0. The Morgan fingerprint density at radius 3 is 1.20 bits per heavy atom. The van der Waals surface area contributed by atoms with Crippen molar-refractivity contribution in [1.82, 2.24) is 5.32 Å². The molecule has 14 nitrogen and oxygen atoms in total. The van der Waals surface area contributed by atoms with E-state index in [2.05, 4.69) is 79.9 Å². The Balaban J connectivity index is 1.62. The number of amides is 1. The molecule has 9 N–H and O–H groups in total. The molecule has 2 aliphatic rings. The quantitative estimate of drug-likeness (QED) is 0.0204. The van der Waals surface area contributed by atoms with Gasteiger partial charge in [-0.1, -0.05) is 299 Å². The number of nitrogens with one attached hydrogen (secondary N) is 1. The predicted octanol–water partition coefficient (Wildman–Crippen LogP) is 15.0. The SMILES string of the molecule is CC/C=C\C/C=C\C/C=C\C/C=C\C/C=C\CCCCCCCCCCCCCCCCCCCCCC(=O)NC(COC1OC(CO)C(OC2OC(CO)C(O)C(O)C2O)C(O)C1O)C(O)/C=C/CCCCCCCCCCCCCCCCCCC. The van der Waals surface area contributed by atoms with Crippen molar-refractivity contribution in [3.63, 3.8) is 0 Å². The maximum atomic E-state index is 13.3. The van der Waals surface area contributed by atoms with Crippen LogP contribution in [0.3, 0.4) is 0 Å². The number of rotatable bonds is 59. The highest BCUT2D eigenvalue weighted by Crippen LogP contribution is 2.30. The average molecular weight is 1240 g/mol. The van der Waals surface area contributed by atoms with E-state index in [1.165, 1.54) is 199 Å². The fourth-order valence-electron chi connectivity index (χ4n) is 11.7. The van der Waals surface area contributed by atoms with Crippen molar-refractivity contribution in [2.75, 3.05) is 19.8 Å². The molecule has 2 heterocycles. The molecular weight excluding hydrogens is 1110 g/mol. The average Bonchev–Trinajstić information content (AvgIpc) is 1.84. The van der Waals surface area contributed by atoms with Gasteiger partial charge in [0.15, 0.2) is 12.6 Å². The Hall–Kier alpha value is -2.57. The van der Waals surface area contributed by atoms with Gasteiger partial charge < -0.3 is 65.1 Å². The van der Waals surface area contributed by atoms with Crippen LogP contribution >= 0.6 is 0 Å². The summed E-state index contributed by atoms with van der Waals surface area (Å²) < 4.78 is 22.9. The largest absolute Gasteiger partial charge is 0.394 e. The van der Waals surface area contributed by atoms with Gasteiger partial charge in [0.25, 0.3) is 0 Å². The van der Waals surface area contributed by atoms with Gasteiger partial charge in [0.1, 0.15) is 48.8 Å². The van der Waals surface area contributed by atoms with E-state index in [-0.39, 0.29) is 18.9 Å². The molecule has 0 radical (unpaired) electrons. The van der Waals surface area contributed by atoms with Crippen LogP contribution in [0.25, 0.3) is 0 Å². The molecule has 0 bridgehead atoms. The molecule has 0 aromatic rings. The second kappa shape index (κ2) is 58.3. The number of hydrogen-bond donors (Lipinski definition) is 9. The number of hydrogen-bond acceptors (Lipinski definition) is 13. The van der Waals surface area contributed by atoms with E-state index < -0.39 is 86.8 Å². The number of aliphatic hydroxyl groups is 8. The molecule has 12 atom stereocenters. The van der Waals surface area contributed by atoms with Crippen LogP contribution in [0.1, 0.15) is 296 Å². The molecule has 88 heavy (non-hydrogen) atoms. The summed E-state index contributed by atoms with van der Waals surface area (Å²) in [5.74, 6) is -0.236. The van der Waals surface area contributed by atoms with E-state index in [1.807, 2.05) is 6.08 Å². The minimum atomic E-state index is -1.79. The van der Waals surface area contributed by atoms with Gasteiger partial charge in [-0.05, 0) is 64.2 Å². The van der Waals surface area contributed by atoms with Gasteiger partial charge in [0.2, 0.25) is 5.91 Å². The molecule has 0 aromatic carbocycles. The van der Waals surface area contributed by atoms with Crippen molar-refractivity contribution in [3.05, 3.63) is 72.9 Å². The molecule has 2 fully saturated rings. The standard InChI is InChI=1S/C74H133NO13/c1-3-5-7-9-11-13-15-17-19-21-23-24-25-26-27-28-29-30-31-32-33-34-35-36-37-38-40-42-44-46-48-50-52-54-56-58-66(79)75-62(63(78)57-55-53-51-49-47-45-43-41-39-22-20-18-16-14-12-10-8-6-4-2)61-85-73-71(84)69(82)72(65(60-77)87-73)88-74-70(83)68(81)67(80)64(59-76)86-74/h5,7,11,13,17,19,23-24,26-27,55,57,62-65,67-74,76-78,80-84H,3-4,6,8-10,12,14-16,18,20-22,25,28-54,56,58-61H2,1-2H3,(H,75,79)/b7-5-,13-11-,19-17-,24-23-,27-26-,57-55+. The Kier molecular flexibility index (Phi) is 54.0. The number of ether oxygens (including phenoxy) is 4. The first-order chi connectivity index (χ1) is 43.1. The molecule has 12 unspecified atom stereocenters. The zero-order valence-electron chi connectivity index (χ0n) is 55.7. The summed E-state index contributed by atoms with van der Waals surface area (Å²) in [7, 11) is 0. The van der Waals surface area contributed by atoms with Crippen LogP contribution < -0.4 is 5.32 Å². The summed E-state index contributed by atoms with van der Waals surface area (Å²) in [4.78, 5) is 13.3. The molecule has 512 valence electrons. The number of allylic oxidation sites excluding steroid dienone is 11. The van der Waals surface area contributed by atoms with Crippen LogP contribution in [0.5, 0.6) is 0 Å². The monoisotopic (exact) mass is 1240 g/mol. The number of unbranched alkanes of at least 4 members (excludes halogenated alkanes) is 36. The Morgan fingerprint density at radius 2 is 0.784 bits per heavy atom. The van der Waals surface area contributed by atoms with Gasteiger partial charge in [-0.15, -0.1) is 0 Å². The van der Waals surface area contributed by atoms with Gasteiger partial charge in [-0.2, -0.15) is 0 Å². The molecule has 0 spiro atoms. The Morgan fingerprint density at radius 1 is 0.420 bits per heavy atom. The van der Waals surface area contributed by atoms with Gasteiger partial charge in [-0.3, -0.25) is 4.79 Å². The first-order valence-electron chi connectivity index (χ1n) is 36.2. The van der Waals surface area contributed by atoms with E-state index in [0.717, 1.165) is 70.6 Å². The second-order valence-corrected chi connectivity index (χ2v) is 25.3. The number of carbonyl (C=O) groups is 1. The highest BCUT2D eigenvalue weighted by Gasteiger charge is 2.51. The summed E-state index contributed by atoms with van der Waals surface area (Å²) >= 11 is 0. The third kappa shape index (κ3) is 41.8. The van der Waals surface area contributed by atoms with Gasteiger partial charge in [-0.25, -0.2) is 0 Å². The van der Waals surface area contributed by atoms with Crippen LogP contribution in [0.4, 0.5) is 0 Å². The highest BCUT2D eigenvalue weighted by molar-refractivity contribution is 5.76. The van der Waals surface area contributed by atoms with Crippen molar-refractivity contribution in [1.29, 1.82) is 0 Å². The molecule has 0 aliphatic carbocycles. The summed E-state index contributed by atoms with van der Waals surface area (Å²) in [6.07, 6.45) is 62.4. The third-order valence-corrected chi connectivity index (χ3v) is 17.4. The van der Waals surface area contributed by atoms with Crippen molar-refractivity contribution in [2.24, 2.45) is 0 Å². The van der Waals surface area contributed by atoms with Crippen molar-refractivity contribution < 1.29 is 64.6 Å². The van der Waals surface area contributed by atoms with Gasteiger partial charge in [0, 0.05) is 6.42 Å². The number of carbonyl (C=O) groups excluding carboxylic acids is 1. The fourth-order valence-corrected chi connectivity index (χ4v) is 11.7. The predicted molar refractivity (Wildman–Crippen MR) is 360 cm³/mol. The van der Waals surface area contributed by atoms with E-state index in [0.29, 0.717) is 6.42 Å². The Labute approximate surface area is 536 Å². The Bertz CT molecular complexity index is 1750. The van der Waals surface area contributed by atoms with Crippen LogP contribution in [0.15, 0.2) is 72.9 Å². The van der Waals surface area contributed by atoms with E-state index in [4.69, 9.17) is 18.9 Å². The highest BCUT2D eigenvalue weighted by atomic mass is 16.7. The lowest BCUT2D eigenvalue weighted by Crippen LogP contribution is -2.65. The number of aliphatic hydroxyl groups excluding tert-OH is 8. The molecule has 2 aliphatic heterocycles. The lowest BCUT2D eigenvalue weighted by atomic mass is 9.97. The molecule has 2 rings (SSSR count). The third-order valence-electron chi connectivity index (χ3n) is 17.4.